The molecule has 6 nitrogen and oxygen atoms in total. The van der Waals surface area contributed by atoms with Gasteiger partial charge in [-0.1, -0.05) is 37.3 Å². The number of hydrogen-bond donors (Lipinski definition) is 2. The van der Waals surface area contributed by atoms with Gasteiger partial charge in [0.15, 0.2) is 5.11 Å². The summed E-state index contributed by atoms with van der Waals surface area (Å²) in [6, 6.07) is 22.8. The average Bonchev–Trinajstić information content (AvgIpc) is 3.44. The molecule has 0 bridgehead atoms. The van der Waals surface area contributed by atoms with E-state index in [9.17, 15) is 4.79 Å². The summed E-state index contributed by atoms with van der Waals surface area (Å²) in [5, 5.41) is 7.26. The number of nitrogens with zero attached hydrogens (tertiary/aromatic N) is 3. The van der Waals surface area contributed by atoms with Gasteiger partial charge in [0, 0.05) is 41.9 Å². The predicted octanol–water partition coefficient (Wildman–Crippen LogP) is 6.67. The Morgan fingerprint density at radius 2 is 1.80 bits per heavy atom. The standard InChI is InChI=1S/C33H37N5OS/c1-6-25-12-14-26(15-13-25)38-23(4)20-27(24(38)5)32-31(28-9-7-8-17-34-28)36-33(40)37(32)18-16-30(39)35-29-19-21(2)10-11-22(29)3/h7-15,17,19-20,31-32H,6,16,18H2,1-5H3,(H,35,39)(H,36,40)/t31-,32+/m1/s1. The second kappa shape index (κ2) is 11.6. The summed E-state index contributed by atoms with van der Waals surface area (Å²) in [6.07, 6.45) is 3.14. The second-order valence-electron chi connectivity index (χ2n) is 10.6. The zero-order valence-electron chi connectivity index (χ0n) is 23.9. The largest absolute Gasteiger partial charge is 0.352 e. The number of amides is 1. The van der Waals surface area contributed by atoms with Crippen molar-refractivity contribution in [2.45, 2.75) is 59.5 Å². The summed E-state index contributed by atoms with van der Waals surface area (Å²) in [5.74, 6) is -0.0296. The molecule has 1 fully saturated rings. The normalized spacial score (nSPS) is 16.7. The summed E-state index contributed by atoms with van der Waals surface area (Å²) >= 11 is 5.87. The Hall–Kier alpha value is -3.97. The van der Waals surface area contributed by atoms with Gasteiger partial charge in [-0.05, 0) is 105 Å². The average molecular weight is 552 g/mol. The number of rotatable bonds is 8. The van der Waals surface area contributed by atoms with Crippen LogP contribution in [0.5, 0.6) is 0 Å². The number of aromatic nitrogens is 2. The molecule has 5 rings (SSSR count). The third-order valence-electron chi connectivity index (χ3n) is 7.84. The van der Waals surface area contributed by atoms with Crippen LogP contribution in [0.2, 0.25) is 0 Å². The number of carbonyl (C=O) groups excluding carboxylic acids is 1. The Morgan fingerprint density at radius 3 is 2.50 bits per heavy atom. The minimum absolute atomic E-state index is 0.0296. The van der Waals surface area contributed by atoms with Crippen molar-refractivity contribution in [3.8, 4) is 5.69 Å². The Balaban J connectivity index is 1.46. The van der Waals surface area contributed by atoms with Crippen LogP contribution < -0.4 is 10.6 Å². The summed E-state index contributed by atoms with van der Waals surface area (Å²) in [6.45, 7) is 11.0. The molecule has 206 valence electrons. The molecule has 2 aromatic heterocycles. The van der Waals surface area contributed by atoms with Gasteiger partial charge in [0.25, 0.3) is 0 Å². The van der Waals surface area contributed by atoms with Crippen molar-refractivity contribution in [3.05, 3.63) is 112 Å². The van der Waals surface area contributed by atoms with E-state index in [1.54, 1.807) is 0 Å². The van der Waals surface area contributed by atoms with Crippen molar-refractivity contribution >= 4 is 28.9 Å². The molecule has 0 aliphatic carbocycles. The maximum Gasteiger partial charge on any atom is 0.226 e. The second-order valence-corrected chi connectivity index (χ2v) is 11.0. The Morgan fingerprint density at radius 1 is 1.02 bits per heavy atom. The fourth-order valence-corrected chi connectivity index (χ4v) is 5.99. The van der Waals surface area contributed by atoms with E-state index in [4.69, 9.17) is 12.2 Å². The Kier molecular flexibility index (Phi) is 8.03. The van der Waals surface area contributed by atoms with Gasteiger partial charge in [-0.15, -0.1) is 0 Å². The molecule has 4 aromatic rings. The minimum atomic E-state index is -0.132. The van der Waals surface area contributed by atoms with Crippen molar-refractivity contribution in [1.29, 1.82) is 0 Å². The van der Waals surface area contributed by atoms with Crippen molar-refractivity contribution < 1.29 is 4.79 Å². The van der Waals surface area contributed by atoms with Crippen LogP contribution in [0.25, 0.3) is 5.69 Å². The molecule has 2 N–H and O–H groups in total. The maximum absolute atomic E-state index is 13.1. The molecule has 7 heteroatoms. The highest BCUT2D eigenvalue weighted by Crippen LogP contribution is 2.41. The quantitative estimate of drug-likeness (QED) is 0.240. The van der Waals surface area contributed by atoms with Crippen LogP contribution in [0.15, 0.2) is 72.9 Å². The molecule has 0 saturated carbocycles. The SMILES string of the molecule is CCc1ccc(-n2c(C)cc([C@H]3[C@@H](c4ccccn4)NC(=S)N3CCC(=O)Nc3cc(C)ccc3C)c2C)cc1. The van der Waals surface area contributed by atoms with Crippen LogP contribution in [0.4, 0.5) is 5.69 Å². The first-order valence-corrected chi connectivity index (χ1v) is 14.3. The Bertz CT molecular complexity index is 1530. The van der Waals surface area contributed by atoms with E-state index in [1.165, 1.54) is 11.1 Å². The molecule has 1 aliphatic heterocycles. The monoisotopic (exact) mass is 551 g/mol. The van der Waals surface area contributed by atoms with Gasteiger partial charge in [-0.2, -0.15) is 0 Å². The number of hydrogen-bond acceptors (Lipinski definition) is 3. The molecule has 1 saturated heterocycles. The summed E-state index contributed by atoms with van der Waals surface area (Å²) < 4.78 is 2.30. The van der Waals surface area contributed by atoms with Crippen LogP contribution in [-0.4, -0.2) is 32.0 Å². The van der Waals surface area contributed by atoms with E-state index >= 15 is 0 Å². The molecule has 1 aliphatic rings. The number of nitrogens with one attached hydrogen (secondary N) is 2. The van der Waals surface area contributed by atoms with Gasteiger partial charge >= 0.3 is 0 Å². The number of benzene rings is 2. The summed E-state index contributed by atoms with van der Waals surface area (Å²) in [4.78, 5) is 19.9. The van der Waals surface area contributed by atoms with Crippen LogP contribution in [0.1, 0.15) is 64.8 Å². The molecule has 0 radical (unpaired) electrons. The number of anilines is 1. The van der Waals surface area contributed by atoms with Crippen LogP contribution >= 0.6 is 12.2 Å². The van der Waals surface area contributed by atoms with E-state index in [0.717, 1.165) is 46.0 Å². The van der Waals surface area contributed by atoms with Crippen molar-refractivity contribution in [2.75, 3.05) is 11.9 Å². The van der Waals surface area contributed by atoms with Gasteiger partial charge < -0.3 is 20.1 Å². The van der Waals surface area contributed by atoms with Crippen LogP contribution in [0, 0.1) is 27.7 Å². The molecule has 1 amide bonds. The third-order valence-corrected chi connectivity index (χ3v) is 8.19. The predicted molar refractivity (Wildman–Crippen MR) is 166 cm³/mol. The molecular weight excluding hydrogens is 514 g/mol. The first kappa shape index (κ1) is 27.6. The number of carbonyl (C=O) groups is 1. The Labute approximate surface area is 242 Å². The molecule has 0 spiro atoms. The van der Waals surface area contributed by atoms with E-state index in [0.29, 0.717) is 18.1 Å². The first-order valence-electron chi connectivity index (χ1n) is 13.9. The van der Waals surface area contributed by atoms with Crippen molar-refractivity contribution in [3.63, 3.8) is 0 Å². The zero-order valence-corrected chi connectivity index (χ0v) is 24.7. The van der Waals surface area contributed by atoms with Crippen LogP contribution in [-0.2, 0) is 11.2 Å². The third kappa shape index (κ3) is 5.52. The van der Waals surface area contributed by atoms with Crippen LogP contribution in [0.3, 0.4) is 0 Å². The lowest BCUT2D eigenvalue weighted by Crippen LogP contribution is -2.33. The summed E-state index contributed by atoms with van der Waals surface area (Å²) in [7, 11) is 0. The van der Waals surface area contributed by atoms with Gasteiger partial charge in [-0.3, -0.25) is 9.78 Å². The topological polar surface area (TPSA) is 62.2 Å². The van der Waals surface area contributed by atoms with Crippen molar-refractivity contribution in [2.24, 2.45) is 0 Å². The van der Waals surface area contributed by atoms with Gasteiger partial charge in [0.2, 0.25) is 5.91 Å². The maximum atomic E-state index is 13.1. The number of pyridine rings is 1. The highest BCUT2D eigenvalue weighted by Gasteiger charge is 2.41. The minimum Gasteiger partial charge on any atom is -0.352 e. The summed E-state index contributed by atoms with van der Waals surface area (Å²) in [5.41, 5.74) is 9.88. The molecule has 0 unspecified atom stereocenters. The first-order chi connectivity index (χ1) is 19.3. The molecule has 3 heterocycles. The van der Waals surface area contributed by atoms with Gasteiger partial charge in [0.05, 0.1) is 17.8 Å². The lowest BCUT2D eigenvalue weighted by Gasteiger charge is -2.28. The number of thiocarbonyl (C=S) groups is 1. The fourth-order valence-electron chi connectivity index (χ4n) is 5.66. The number of aryl methyl sites for hydroxylation is 4. The molecule has 2 aromatic carbocycles. The van der Waals surface area contributed by atoms with E-state index in [-0.39, 0.29) is 18.0 Å². The lowest BCUT2D eigenvalue weighted by molar-refractivity contribution is -0.116. The zero-order chi connectivity index (χ0) is 28.4. The molecule has 40 heavy (non-hydrogen) atoms. The van der Waals surface area contributed by atoms with Crippen molar-refractivity contribution in [1.82, 2.24) is 19.8 Å². The van der Waals surface area contributed by atoms with Gasteiger partial charge in [-0.25, -0.2) is 0 Å². The fraction of sp³-hybridized carbons (Fsp3) is 0.303. The highest BCUT2D eigenvalue weighted by atomic mass is 32.1. The van der Waals surface area contributed by atoms with Gasteiger partial charge in [0.1, 0.15) is 0 Å². The van der Waals surface area contributed by atoms with E-state index < -0.39 is 0 Å². The van der Waals surface area contributed by atoms with E-state index in [2.05, 4.69) is 82.3 Å². The molecule has 2 atom stereocenters. The smallest absolute Gasteiger partial charge is 0.226 e. The molecular formula is C33H37N5OS. The van der Waals surface area contributed by atoms with E-state index in [1.807, 2.05) is 50.4 Å². The highest BCUT2D eigenvalue weighted by molar-refractivity contribution is 7.80. The lowest BCUT2D eigenvalue weighted by atomic mass is 9.96.